The number of rotatable bonds is 5. The van der Waals surface area contributed by atoms with Crippen LogP contribution in [0.1, 0.15) is 36.2 Å². The van der Waals surface area contributed by atoms with E-state index in [0.717, 1.165) is 18.7 Å². The molecule has 1 heterocycles. The Morgan fingerprint density at radius 1 is 1.22 bits per heavy atom. The first-order chi connectivity index (χ1) is 11.1. The fourth-order valence-electron chi connectivity index (χ4n) is 2.41. The summed E-state index contributed by atoms with van der Waals surface area (Å²) < 4.78 is 0. The molecule has 0 unspecified atom stereocenters. The van der Waals surface area contributed by atoms with Gasteiger partial charge in [0.05, 0.1) is 5.69 Å². The molecule has 5 nitrogen and oxygen atoms in total. The maximum atomic E-state index is 11.5. The van der Waals surface area contributed by atoms with Crippen LogP contribution >= 0.6 is 0 Å². The number of H-pyrrole nitrogens is 1. The average molecular weight is 308 g/mol. The molecule has 0 fully saturated rings. The van der Waals surface area contributed by atoms with E-state index in [1.165, 1.54) is 5.69 Å². The molecule has 1 aromatic heterocycles. The molecule has 0 bridgehead atoms. The number of anilines is 1. The van der Waals surface area contributed by atoms with Gasteiger partial charge in [-0.05, 0) is 50.1 Å². The Hall–Kier alpha value is -2.87. The molecule has 0 aliphatic carbocycles. The van der Waals surface area contributed by atoms with Gasteiger partial charge in [0, 0.05) is 18.8 Å². The van der Waals surface area contributed by atoms with E-state index in [-0.39, 0.29) is 5.56 Å². The number of benzene rings is 1. The maximum absolute atomic E-state index is 11.5. The topological polar surface area (TPSA) is 72.8 Å². The Bertz CT molecular complexity index is 793. The van der Waals surface area contributed by atoms with E-state index in [9.17, 15) is 4.79 Å². The molecule has 118 valence electrons. The standard InChI is InChI=1S/C18H20N4O/c1-4-22(5-2)15-9-6-14(7-10-15)8-11-17-13(3)16(12-19)18(23)21-20-17/h6-11H,4-5H2,1-3H3,(H,21,23)/b11-8+. The van der Waals surface area contributed by atoms with Gasteiger partial charge in [-0.25, -0.2) is 5.10 Å². The molecule has 2 aromatic rings. The van der Waals surface area contributed by atoms with Gasteiger partial charge in [-0.3, -0.25) is 4.79 Å². The van der Waals surface area contributed by atoms with E-state index in [0.29, 0.717) is 11.3 Å². The van der Waals surface area contributed by atoms with Crippen molar-refractivity contribution < 1.29 is 0 Å². The first kappa shape index (κ1) is 16.5. The van der Waals surface area contributed by atoms with E-state index in [2.05, 4.69) is 41.1 Å². The summed E-state index contributed by atoms with van der Waals surface area (Å²) >= 11 is 0. The quantitative estimate of drug-likeness (QED) is 0.921. The van der Waals surface area contributed by atoms with Crippen LogP contribution in [0.4, 0.5) is 5.69 Å². The van der Waals surface area contributed by atoms with Crippen LogP contribution in [0.2, 0.25) is 0 Å². The highest BCUT2D eigenvalue weighted by Gasteiger charge is 2.07. The summed E-state index contributed by atoms with van der Waals surface area (Å²) in [6.45, 7) is 7.94. The maximum Gasteiger partial charge on any atom is 0.282 e. The first-order valence-electron chi connectivity index (χ1n) is 7.63. The van der Waals surface area contributed by atoms with Crippen LogP contribution in [0.5, 0.6) is 0 Å². The zero-order valence-corrected chi connectivity index (χ0v) is 13.6. The van der Waals surface area contributed by atoms with Gasteiger partial charge in [0.1, 0.15) is 11.6 Å². The second kappa shape index (κ2) is 7.41. The van der Waals surface area contributed by atoms with E-state index < -0.39 is 5.56 Å². The molecule has 0 spiro atoms. The van der Waals surface area contributed by atoms with E-state index in [1.54, 1.807) is 13.0 Å². The summed E-state index contributed by atoms with van der Waals surface area (Å²) in [5.74, 6) is 0. The molecule has 0 radical (unpaired) electrons. The number of nitrogens with one attached hydrogen (secondary N) is 1. The van der Waals surface area contributed by atoms with Crippen molar-refractivity contribution in [2.75, 3.05) is 18.0 Å². The lowest BCUT2D eigenvalue weighted by molar-refractivity contribution is 0.866. The molecular weight excluding hydrogens is 288 g/mol. The number of hydrogen-bond acceptors (Lipinski definition) is 4. The van der Waals surface area contributed by atoms with Crippen molar-refractivity contribution in [2.45, 2.75) is 20.8 Å². The smallest absolute Gasteiger partial charge is 0.282 e. The summed E-state index contributed by atoms with van der Waals surface area (Å²) in [5, 5.41) is 15.4. The molecule has 5 heteroatoms. The second-order valence-electron chi connectivity index (χ2n) is 5.15. The molecule has 0 amide bonds. The Balaban J connectivity index is 2.25. The first-order valence-corrected chi connectivity index (χ1v) is 7.63. The molecule has 0 atom stereocenters. The van der Waals surface area contributed by atoms with Gasteiger partial charge in [0.25, 0.3) is 5.56 Å². The number of hydrogen-bond donors (Lipinski definition) is 1. The number of aromatic nitrogens is 2. The Morgan fingerprint density at radius 2 is 1.87 bits per heavy atom. The summed E-state index contributed by atoms with van der Waals surface area (Å²) in [6.07, 6.45) is 3.72. The third-order valence-electron chi connectivity index (χ3n) is 3.83. The zero-order chi connectivity index (χ0) is 16.8. The SMILES string of the molecule is CCN(CC)c1ccc(/C=C/c2n[nH]c(=O)c(C#N)c2C)cc1. The summed E-state index contributed by atoms with van der Waals surface area (Å²) in [7, 11) is 0. The van der Waals surface area contributed by atoms with E-state index >= 15 is 0 Å². The average Bonchev–Trinajstić information content (AvgIpc) is 2.57. The van der Waals surface area contributed by atoms with Crippen molar-refractivity contribution in [3.63, 3.8) is 0 Å². The molecular formula is C18H20N4O. The Morgan fingerprint density at radius 3 is 2.43 bits per heavy atom. The summed E-state index contributed by atoms with van der Waals surface area (Å²) in [5.41, 5.74) is 3.06. The van der Waals surface area contributed by atoms with E-state index in [1.807, 2.05) is 24.3 Å². The monoisotopic (exact) mass is 308 g/mol. The van der Waals surface area contributed by atoms with Gasteiger partial charge in [-0.2, -0.15) is 10.4 Å². The minimum atomic E-state index is -0.453. The van der Waals surface area contributed by atoms with Crippen LogP contribution in [0.3, 0.4) is 0 Å². The highest BCUT2D eigenvalue weighted by atomic mass is 16.1. The lowest BCUT2D eigenvalue weighted by Gasteiger charge is -2.20. The molecule has 0 saturated carbocycles. The Kier molecular flexibility index (Phi) is 5.32. The molecule has 0 aliphatic rings. The fourth-order valence-corrected chi connectivity index (χ4v) is 2.41. The largest absolute Gasteiger partial charge is 0.372 e. The number of nitriles is 1. The van der Waals surface area contributed by atoms with Crippen molar-refractivity contribution in [1.82, 2.24) is 10.2 Å². The second-order valence-corrected chi connectivity index (χ2v) is 5.15. The lowest BCUT2D eigenvalue weighted by atomic mass is 10.1. The Labute approximate surface area is 135 Å². The van der Waals surface area contributed by atoms with E-state index in [4.69, 9.17) is 5.26 Å². The van der Waals surface area contributed by atoms with Crippen LogP contribution in [0, 0.1) is 18.3 Å². The van der Waals surface area contributed by atoms with Gasteiger partial charge < -0.3 is 4.90 Å². The van der Waals surface area contributed by atoms with Crippen LogP contribution < -0.4 is 10.5 Å². The minimum Gasteiger partial charge on any atom is -0.372 e. The molecule has 1 N–H and O–H groups in total. The van der Waals surface area contributed by atoms with Crippen molar-refractivity contribution in [1.29, 1.82) is 5.26 Å². The highest BCUT2D eigenvalue weighted by Crippen LogP contribution is 2.17. The van der Waals surface area contributed by atoms with Gasteiger partial charge in [0.2, 0.25) is 0 Å². The predicted octanol–water partition coefficient (Wildman–Crippen LogP) is 2.97. The molecule has 2 rings (SSSR count). The van der Waals surface area contributed by atoms with Crippen molar-refractivity contribution in [3.05, 3.63) is 57.0 Å². The number of aromatic amines is 1. The third-order valence-corrected chi connectivity index (χ3v) is 3.83. The predicted molar refractivity (Wildman–Crippen MR) is 93.2 cm³/mol. The minimum absolute atomic E-state index is 0.108. The molecule has 23 heavy (non-hydrogen) atoms. The highest BCUT2D eigenvalue weighted by molar-refractivity contribution is 5.70. The molecule has 0 saturated heterocycles. The van der Waals surface area contributed by atoms with Crippen LogP contribution in [-0.2, 0) is 0 Å². The van der Waals surface area contributed by atoms with Gasteiger partial charge >= 0.3 is 0 Å². The van der Waals surface area contributed by atoms with Gasteiger partial charge in [0.15, 0.2) is 0 Å². The van der Waals surface area contributed by atoms with Crippen molar-refractivity contribution in [2.24, 2.45) is 0 Å². The van der Waals surface area contributed by atoms with Crippen LogP contribution in [0.15, 0.2) is 29.1 Å². The summed E-state index contributed by atoms with van der Waals surface area (Å²) in [6, 6.07) is 10.2. The normalized spacial score (nSPS) is 10.7. The molecule has 0 aliphatic heterocycles. The third kappa shape index (κ3) is 3.67. The number of nitrogens with zero attached hydrogens (tertiary/aromatic N) is 3. The van der Waals surface area contributed by atoms with Crippen molar-refractivity contribution >= 4 is 17.8 Å². The lowest BCUT2D eigenvalue weighted by Crippen LogP contribution is -2.21. The summed E-state index contributed by atoms with van der Waals surface area (Å²) in [4.78, 5) is 13.8. The van der Waals surface area contributed by atoms with Crippen LogP contribution in [-0.4, -0.2) is 23.3 Å². The van der Waals surface area contributed by atoms with Crippen molar-refractivity contribution in [3.8, 4) is 6.07 Å². The fraction of sp³-hybridized carbons (Fsp3) is 0.278. The van der Waals surface area contributed by atoms with Gasteiger partial charge in [-0.15, -0.1) is 0 Å². The molecule has 1 aromatic carbocycles. The zero-order valence-electron chi connectivity index (χ0n) is 13.6. The van der Waals surface area contributed by atoms with Crippen LogP contribution in [0.25, 0.3) is 12.2 Å². The van der Waals surface area contributed by atoms with Gasteiger partial charge in [-0.1, -0.05) is 18.2 Å².